The molecule has 2 aliphatic heterocycles. The molecule has 1 aliphatic carbocycles. The zero-order valence-corrected chi connectivity index (χ0v) is 13.9. The summed E-state index contributed by atoms with van der Waals surface area (Å²) >= 11 is 6.05. The van der Waals surface area contributed by atoms with Gasteiger partial charge in [-0.25, -0.2) is 0 Å². The highest BCUT2D eigenvalue weighted by molar-refractivity contribution is 6.30. The Hall–Kier alpha value is -1.10. The van der Waals surface area contributed by atoms with E-state index < -0.39 is 0 Å². The Labute approximate surface area is 141 Å². The number of rotatable bonds is 3. The average molecular weight is 336 g/mol. The number of piperidine rings is 1. The third-order valence-electron chi connectivity index (χ3n) is 5.27. The Morgan fingerprint density at radius 2 is 1.91 bits per heavy atom. The number of carbonyl (C=O) groups is 1. The number of hydrogen-bond acceptors (Lipinski definition) is 3. The van der Waals surface area contributed by atoms with Crippen LogP contribution in [0.1, 0.15) is 30.7 Å². The summed E-state index contributed by atoms with van der Waals surface area (Å²) in [5, 5.41) is 0.748. The molecule has 3 aliphatic rings. The first kappa shape index (κ1) is 15.4. The molecule has 1 aromatic carbocycles. The van der Waals surface area contributed by atoms with E-state index in [4.69, 9.17) is 21.1 Å². The van der Waals surface area contributed by atoms with Crippen LogP contribution in [0.4, 0.5) is 0 Å². The summed E-state index contributed by atoms with van der Waals surface area (Å²) in [6, 6.07) is 7.90. The predicted octanol–water partition coefficient (Wildman–Crippen LogP) is 3.06. The maximum absolute atomic E-state index is 12.7. The Morgan fingerprint density at radius 3 is 2.61 bits per heavy atom. The van der Waals surface area contributed by atoms with Gasteiger partial charge in [-0.15, -0.1) is 0 Å². The molecule has 2 atom stereocenters. The first-order chi connectivity index (χ1) is 11.2. The summed E-state index contributed by atoms with van der Waals surface area (Å²) < 4.78 is 11.2. The van der Waals surface area contributed by atoms with Crippen LogP contribution in [0.2, 0.25) is 5.02 Å². The topological polar surface area (TPSA) is 38.8 Å². The molecule has 0 radical (unpaired) electrons. The summed E-state index contributed by atoms with van der Waals surface area (Å²) in [4.78, 5) is 14.7. The van der Waals surface area contributed by atoms with Gasteiger partial charge in [0.25, 0.3) is 0 Å². The molecular weight excluding hydrogens is 314 g/mol. The van der Waals surface area contributed by atoms with Crippen molar-refractivity contribution in [2.75, 3.05) is 26.3 Å². The van der Waals surface area contributed by atoms with Crippen molar-refractivity contribution >= 4 is 17.5 Å². The Kier molecular flexibility index (Phi) is 4.31. The summed E-state index contributed by atoms with van der Waals surface area (Å²) in [5.74, 6) is 1.23. The SMILES string of the molecule is O=C(C1CC1c1cccc(Cl)c1)N1CCC(C2OCCO2)CC1. The normalized spacial score (nSPS) is 29.0. The number of ether oxygens (including phenoxy) is 2. The van der Waals surface area contributed by atoms with E-state index in [0.29, 0.717) is 31.0 Å². The fourth-order valence-electron chi connectivity index (χ4n) is 3.85. The number of halogens is 1. The van der Waals surface area contributed by atoms with E-state index in [9.17, 15) is 4.79 Å². The molecule has 2 heterocycles. The van der Waals surface area contributed by atoms with E-state index in [0.717, 1.165) is 37.4 Å². The lowest BCUT2D eigenvalue weighted by atomic mass is 9.95. The van der Waals surface area contributed by atoms with Crippen LogP contribution in [0.25, 0.3) is 0 Å². The van der Waals surface area contributed by atoms with Crippen LogP contribution >= 0.6 is 11.6 Å². The highest BCUT2D eigenvalue weighted by Gasteiger charge is 2.46. The van der Waals surface area contributed by atoms with Gasteiger partial charge in [0, 0.05) is 29.9 Å². The van der Waals surface area contributed by atoms with Crippen LogP contribution in [-0.4, -0.2) is 43.4 Å². The number of amides is 1. The molecule has 23 heavy (non-hydrogen) atoms. The predicted molar refractivity (Wildman–Crippen MR) is 87.3 cm³/mol. The minimum Gasteiger partial charge on any atom is -0.350 e. The third kappa shape index (κ3) is 3.25. The minimum absolute atomic E-state index is 0.0487. The van der Waals surface area contributed by atoms with Gasteiger partial charge in [0.15, 0.2) is 6.29 Å². The van der Waals surface area contributed by atoms with Gasteiger partial charge in [0.2, 0.25) is 5.91 Å². The second-order valence-electron chi connectivity index (χ2n) is 6.78. The maximum Gasteiger partial charge on any atom is 0.226 e. The fourth-order valence-corrected chi connectivity index (χ4v) is 4.05. The molecular formula is C18H22ClNO3. The molecule has 4 rings (SSSR count). The summed E-state index contributed by atoms with van der Waals surface area (Å²) in [7, 11) is 0. The maximum atomic E-state index is 12.7. The lowest BCUT2D eigenvalue weighted by Crippen LogP contribution is -2.42. The number of carbonyl (C=O) groups excluding carboxylic acids is 1. The lowest BCUT2D eigenvalue weighted by Gasteiger charge is -2.34. The second kappa shape index (κ2) is 6.42. The van der Waals surface area contributed by atoms with E-state index in [2.05, 4.69) is 6.07 Å². The van der Waals surface area contributed by atoms with Crippen LogP contribution in [-0.2, 0) is 14.3 Å². The standard InChI is InChI=1S/C18H22ClNO3/c19-14-3-1-2-13(10-14)15-11-16(15)17(21)20-6-4-12(5-7-20)18-22-8-9-23-18/h1-3,10,12,15-16,18H,4-9,11H2. The average Bonchev–Trinajstić information content (AvgIpc) is 3.19. The molecule has 2 saturated heterocycles. The monoisotopic (exact) mass is 335 g/mol. The van der Waals surface area contributed by atoms with Crippen molar-refractivity contribution in [3.8, 4) is 0 Å². The summed E-state index contributed by atoms with van der Waals surface area (Å²) in [5.41, 5.74) is 1.19. The van der Waals surface area contributed by atoms with Gasteiger partial charge in [-0.05, 0) is 42.9 Å². The van der Waals surface area contributed by atoms with Crippen molar-refractivity contribution in [2.45, 2.75) is 31.5 Å². The first-order valence-electron chi connectivity index (χ1n) is 8.50. The van der Waals surface area contributed by atoms with Gasteiger partial charge in [-0.3, -0.25) is 4.79 Å². The summed E-state index contributed by atoms with van der Waals surface area (Å²) in [6.45, 7) is 3.05. The van der Waals surface area contributed by atoms with Gasteiger partial charge in [-0.2, -0.15) is 0 Å². The molecule has 1 aromatic rings. The van der Waals surface area contributed by atoms with Gasteiger partial charge in [-0.1, -0.05) is 23.7 Å². The number of hydrogen-bond donors (Lipinski definition) is 0. The molecule has 4 nitrogen and oxygen atoms in total. The molecule has 3 fully saturated rings. The molecule has 0 bridgehead atoms. The highest BCUT2D eigenvalue weighted by Crippen LogP contribution is 2.49. The summed E-state index contributed by atoms with van der Waals surface area (Å²) in [6.07, 6.45) is 2.86. The number of benzene rings is 1. The van der Waals surface area contributed by atoms with E-state index in [1.807, 2.05) is 23.1 Å². The van der Waals surface area contributed by atoms with Gasteiger partial charge < -0.3 is 14.4 Å². The molecule has 2 unspecified atom stereocenters. The molecule has 0 spiro atoms. The van der Waals surface area contributed by atoms with Crippen molar-refractivity contribution in [1.29, 1.82) is 0 Å². The number of likely N-dealkylation sites (tertiary alicyclic amines) is 1. The van der Waals surface area contributed by atoms with Gasteiger partial charge in [0.1, 0.15) is 0 Å². The van der Waals surface area contributed by atoms with Crippen LogP contribution in [0.15, 0.2) is 24.3 Å². The Bertz CT molecular complexity index is 579. The van der Waals surface area contributed by atoms with Crippen LogP contribution in [0.5, 0.6) is 0 Å². The van der Waals surface area contributed by atoms with Crippen molar-refractivity contribution in [2.24, 2.45) is 11.8 Å². The zero-order valence-electron chi connectivity index (χ0n) is 13.1. The van der Waals surface area contributed by atoms with E-state index in [-0.39, 0.29) is 12.2 Å². The Balaban J connectivity index is 1.31. The van der Waals surface area contributed by atoms with Gasteiger partial charge in [0.05, 0.1) is 13.2 Å². The largest absolute Gasteiger partial charge is 0.350 e. The van der Waals surface area contributed by atoms with E-state index >= 15 is 0 Å². The molecule has 5 heteroatoms. The molecule has 0 N–H and O–H groups in total. The van der Waals surface area contributed by atoms with Crippen LogP contribution < -0.4 is 0 Å². The van der Waals surface area contributed by atoms with Crippen molar-refractivity contribution < 1.29 is 14.3 Å². The van der Waals surface area contributed by atoms with Crippen LogP contribution in [0, 0.1) is 11.8 Å². The van der Waals surface area contributed by atoms with E-state index in [1.165, 1.54) is 5.56 Å². The molecule has 124 valence electrons. The van der Waals surface area contributed by atoms with Crippen LogP contribution in [0.3, 0.4) is 0 Å². The second-order valence-corrected chi connectivity index (χ2v) is 7.21. The quantitative estimate of drug-likeness (QED) is 0.852. The minimum atomic E-state index is -0.0487. The fraction of sp³-hybridized carbons (Fsp3) is 0.611. The molecule has 0 aromatic heterocycles. The Morgan fingerprint density at radius 1 is 1.17 bits per heavy atom. The van der Waals surface area contributed by atoms with Crippen molar-refractivity contribution in [1.82, 2.24) is 4.90 Å². The molecule has 1 saturated carbocycles. The zero-order chi connectivity index (χ0) is 15.8. The van der Waals surface area contributed by atoms with Gasteiger partial charge >= 0.3 is 0 Å². The van der Waals surface area contributed by atoms with Crippen molar-refractivity contribution in [3.05, 3.63) is 34.9 Å². The highest BCUT2D eigenvalue weighted by atomic mass is 35.5. The molecule has 1 amide bonds. The third-order valence-corrected chi connectivity index (χ3v) is 5.50. The lowest BCUT2D eigenvalue weighted by molar-refractivity contribution is -0.138. The number of nitrogens with zero attached hydrogens (tertiary/aromatic N) is 1. The van der Waals surface area contributed by atoms with Crippen molar-refractivity contribution in [3.63, 3.8) is 0 Å². The first-order valence-corrected chi connectivity index (χ1v) is 8.87. The van der Waals surface area contributed by atoms with E-state index in [1.54, 1.807) is 0 Å². The smallest absolute Gasteiger partial charge is 0.226 e.